The van der Waals surface area contributed by atoms with Gasteiger partial charge in [-0.25, -0.2) is 14.1 Å². The smallest absolute Gasteiger partial charge is 0.421 e. The van der Waals surface area contributed by atoms with Gasteiger partial charge in [0.1, 0.15) is 22.8 Å². The SMILES string of the molecule is CCOC(=O)[C@H]1[C@]2(C(=O)N(C(=O)OC(C)(C)C)c3ccc(C)cc32)C(=S)N[C@]12C(=O)N(C)c1cc(F)ccc12. The first kappa shape index (κ1) is 26.7. The lowest BCUT2D eigenvalue weighted by Crippen LogP contribution is -2.57. The standard InChI is InChI=1S/C28H28FN3O6S/c1-7-37-21(33)20-27(22(39)30-28(20)16-10-9-15(29)13-19(16)31(6)24(28)35)17-12-14(2)8-11-18(17)32(23(27)34)25(36)38-26(3,4)5/h8-13,20H,7H2,1-6H3,(H,30,39)/t20-,27-,28-/m0/s1. The number of carbonyl (C=O) groups excluding carboxylic acids is 4. The second kappa shape index (κ2) is 8.57. The van der Waals surface area contributed by atoms with Gasteiger partial charge in [-0.3, -0.25) is 14.4 Å². The van der Waals surface area contributed by atoms with Crippen LogP contribution in [0, 0.1) is 18.7 Å². The molecular weight excluding hydrogens is 525 g/mol. The van der Waals surface area contributed by atoms with Crippen molar-refractivity contribution in [3.8, 4) is 0 Å². The molecule has 2 aromatic rings. The summed E-state index contributed by atoms with van der Waals surface area (Å²) in [5.41, 5.74) is -3.11. The number of fused-ring (bicyclic) bond motifs is 4. The lowest BCUT2D eigenvalue weighted by Gasteiger charge is -2.34. The van der Waals surface area contributed by atoms with Crippen molar-refractivity contribution in [1.29, 1.82) is 0 Å². The number of anilines is 2. The van der Waals surface area contributed by atoms with Gasteiger partial charge < -0.3 is 19.7 Å². The van der Waals surface area contributed by atoms with Gasteiger partial charge in [0.05, 0.1) is 23.0 Å². The lowest BCUT2D eigenvalue weighted by molar-refractivity contribution is -0.156. The molecule has 0 saturated carbocycles. The Bertz CT molecular complexity index is 1490. The van der Waals surface area contributed by atoms with E-state index in [1.54, 1.807) is 52.8 Å². The van der Waals surface area contributed by atoms with Gasteiger partial charge in [-0.05, 0) is 52.8 Å². The predicted molar refractivity (Wildman–Crippen MR) is 144 cm³/mol. The van der Waals surface area contributed by atoms with Crippen LogP contribution < -0.4 is 15.1 Å². The van der Waals surface area contributed by atoms with Gasteiger partial charge >= 0.3 is 12.1 Å². The van der Waals surface area contributed by atoms with E-state index in [1.165, 1.54) is 30.1 Å². The normalized spacial score (nSPS) is 25.3. The number of halogens is 1. The Morgan fingerprint density at radius 3 is 2.41 bits per heavy atom. The highest BCUT2D eigenvalue weighted by Crippen LogP contribution is 2.60. The number of hydrogen-bond acceptors (Lipinski definition) is 7. The molecule has 5 rings (SSSR count). The summed E-state index contributed by atoms with van der Waals surface area (Å²) in [5, 5.41) is 3.02. The first-order valence-electron chi connectivity index (χ1n) is 12.5. The monoisotopic (exact) mass is 553 g/mol. The maximum atomic E-state index is 14.6. The van der Waals surface area contributed by atoms with Crippen molar-refractivity contribution in [2.45, 2.75) is 51.2 Å². The molecule has 2 spiro atoms. The number of hydrogen-bond donors (Lipinski definition) is 1. The minimum Gasteiger partial charge on any atom is -0.466 e. The summed E-state index contributed by atoms with van der Waals surface area (Å²) in [4.78, 5) is 57.9. The van der Waals surface area contributed by atoms with E-state index in [9.17, 15) is 23.6 Å². The Labute approximate surface area is 230 Å². The summed E-state index contributed by atoms with van der Waals surface area (Å²) in [6.07, 6.45) is -0.946. The third kappa shape index (κ3) is 3.45. The van der Waals surface area contributed by atoms with Crippen molar-refractivity contribution in [2.75, 3.05) is 23.5 Å². The Morgan fingerprint density at radius 2 is 1.77 bits per heavy atom. The quantitative estimate of drug-likeness (QED) is 0.444. The third-order valence-corrected chi connectivity index (χ3v) is 7.80. The van der Waals surface area contributed by atoms with E-state index < -0.39 is 52.2 Å². The topological polar surface area (TPSA) is 105 Å². The predicted octanol–water partition coefficient (Wildman–Crippen LogP) is 3.64. The summed E-state index contributed by atoms with van der Waals surface area (Å²) in [5.74, 6) is -4.45. The van der Waals surface area contributed by atoms with E-state index in [0.29, 0.717) is 0 Å². The van der Waals surface area contributed by atoms with Crippen LogP contribution in [-0.2, 0) is 34.8 Å². The summed E-state index contributed by atoms with van der Waals surface area (Å²) < 4.78 is 25.3. The number of thiocarbonyl (C=S) groups is 1. The molecule has 39 heavy (non-hydrogen) atoms. The fourth-order valence-electron chi connectivity index (χ4n) is 5.94. The number of rotatable bonds is 2. The molecule has 3 aliphatic rings. The Hall–Kier alpha value is -3.86. The van der Waals surface area contributed by atoms with E-state index in [0.717, 1.165) is 10.5 Å². The summed E-state index contributed by atoms with van der Waals surface area (Å²) in [6.45, 7) is 8.35. The Morgan fingerprint density at radius 1 is 1.08 bits per heavy atom. The molecule has 1 saturated heterocycles. The van der Waals surface area contributed by atoms with Crippen LogP contribution >= 0.6 is 12.2 Å². The van der Waals surface area contributed by atoms with Gasteiger partial charge in [0, 0.05) is 18.2 Å². The number of likely N-dealkylation sites (N-methyl/N-ethyl adjacent to an activating group) is 1. The van der Waals surface area contributed by atoms with Gasteiger partial charge in [0.15, 0.2) is 5.54 Å². The van der Waals surface area contributed by atoms with E-state index in [1.807, 2.05) is 0 Å². The lowest BCUT2D eigenvalue weighted by atomic mass is 9.65. The molecule has 2 aromatic carbocycles. The van der Waals surface area contributed by atoms with Crippen molar-refractivity contribution in [3.63, 3.8) is 0 Å². The van der Waals surface area contributed by atoms with Crippen molar-refractivity contribution in [3.05, 3.63) is 58.9 Å². The van der Waals surface area contributed by atoms with Crippen molar-refractivity contribution in [2.24, 2.45) is 5.92 Å². The zero-order chi connectivity index (χ0) is 28.7. The number of nitrogens with one attached hydrogen (secondary N) is 1. The van der Waals surface area contributed by atoms with E-state index >= 15 is 0 Å². The van der Waals surface area contributed by atoms with Crippen LogP contribution in [0.25, 0.3) is 0 Å². The molecule has 11 heteroatoms. The molecule has 1 N–H and O–H groups in total. The van der Waals surface area contributed by atoms with E-state index in [2.05, 4.69) is 5.32 Å². The molecule has 0 unspecified atom stereocenters. The summed E-state index contributed by atoms with van der Waals surface area (Å²) in [7, 11) is 1.45. The molecule has 3 amide bonds. The number of carbonyl (C=O) groups is 4. The number of amides is 3. The summed E-state index contributed by atoms with van der Waals surface area (Å²) >= 11 is 5.81. The second-order valence-electron chi connectivity index (χ2n) is 10.9. The first-order chi connectivity index (χ1) is 18.2. The molecule has 1 fully saturated rings. The van der Waals surface area contributed by atoms with Crippen LogP contribution in [0.5, 0.6) is 0 Å². The largest absolute Gasteiger partial charge is 0.466 e. The molecule has 0 aromatic heterocycles. The molecule has 9 nitrogen and oxygen atoms in total. The zero-order valence-electron chi connectivity index (χ0n) is 22.4. The van der Waals surface area contributed by atoms with Gasteiger partial charge in [-0.1, -0.05) is 36.0 Å². The zero-order valence-corrected chi connectivity index (χ0v) is 23.2. The molecule has 3 aliphatic heterocycles. The number of esters is 1. The van der Waals surface area contributed by atoms with Crippen LogP contribution in [0.15, 0.2) is 36.4 Å². The maximum Gasteiger partial charge on any atom is 0.421 e. The van der Waals surface area contributed by atoms with E-state index in [-0.39, 0.29) is 34.1 Å². The minimum atomic E-state index is -1.98. The number of benzene rings is 2. The minimum absolute atomic E-state index is 0.0425. The van der Waals surface area contributed by atoms with Crippen molar-refractivity contribution < 1.29 is 33.0 Å². The molecule has 0 bridgehead atoms. The average Bonchev–Trinajstić information content (AvgIpc) is 3.34. The Kier molecular flexibility index (Phi) is 5.88. The third-order valence-electron chi connectivity index (χ3n) is 7.38. The Balaban J connectivity index is 1.83. The van der Waals surface area contributed by atoms with E-state index in [4.69, 9.17) is 21.7 Å². The van der Waals surface area contributed by atoms with Crippen LogP contribution in [-0.4, -0.2) is 48.1 Å². The molecule has 204 valence electrons. The second-order valence-corrected chi connectivity index (χ2v) is 11.3. The number of imide groups is 1. The molecule has 3 atom stereocenters. The van der Waals surface area contributed by atoms with Crippen LogP contribution in [0.3, 0.4) is 0 Å². The average molecular weight is 554 g/mol. The van der Waals surface area contributed by atoms with Crippen molar-refractivity contribution in [1.82, 2.24) is 5.32 Å². The fraction of sp³-hybridized carbons (Fsp3) is 0.393. The summed E-state index contributed by atoms with van der Waals surface area (Å²) in [6, 6.07) is 8.73. The number of aryl methyl sites for hydroxylation is 1. The number of ether oxygens (including phenoxy) is 2. The number of nitrogens with zero attached hydrogens (tertiary/aromatic N) is 2. The van der Waals surface area contributed by atoms with Gasteiger partial charge in [-0.15, -0.1) is 0 Å². The van der Waals surface area contributed by atoms with Crippen molar-refractivity contribution >= 4 is 52.5 Å². The van der Waals surface area contributed by atoms with Crippen LogP contribution in [0.2, 0.25) is 0 Å². The highest BCUT2D eigenvalue weighted by atomic mass is 32.1. The highest BCUT2D eigenvalue weighted by molar-refractivity contribution is 7.80. The first-order valence-corrected chi connectivity index (χ1v) is 12.9. The fourth-order valence-corrected chi connectivity index (χ4v) is 6.41. The molecule has 0 aliphatic carbocycles. The van der Waals surface area contributed by atoms with Crippen LogP contribution in [0.4, 0.5) is 20.6 Å². The molecule has 3 heterocycles. The van der Waals surface area contributed by atoms with Gasteiger partial charge in [0.25, 0.3) is 11.8 Å². The molecular formula is C28H28FN3O6S. The van der Waals surface area contributed by atoms with Gasteiger partial charge in [-0.2, -0.15) is 0 Å². The maximum absolute atomic E-state index is 14.6. The highest BCUT2D eigenvalue weighted by Gasteiger charge is 2.77. The van der Waals surface area contributed by atoms with Crippen LogP contribution in [0.1, 0.15) is 44.4 Å². The van der Waals surface area contributed by atoms with Gasteiger partial charge in [0.2, 0.25) is 0 Å². The molecule has 0 radical (unpaired) electrons.